The molecule has 0 spiro atoms. The molecular formula is C18H32O2. The number of rotatable bonds is 4. The zero-order valence-electron chi connectivity index (χ0n) is 13.3. The van der Waals surface area contributed by atoms with Gasteiger partial charge >= 0.3 is 0 Å². The molecule has 1 N–H and O–H groups in total. The van der Waals surface area contributed by atoms with Crippen LogP contribution in [0.1, 0.15) is 65.2 Å². The highest BCUT2D eigenvalue weighted by molar-refractivity contribution is 4.94. The quantitative estimate of drug-likeness (QED) is 0.843. The Labute approximate surface area is 124 Å². The Bertz CT molecular complexity index is 311. The summed E-state index contributed by atoms with van der Waals surface area (Å²) >= 11 is 0. The van der Waals surface area contributed by atoms with Crippen LogP contribution in [-0.4, -0.2) is 23.9 Å². The lowest BCUT2D eigenvalue weighted by molar-refractivity contribution is -0.148. The summed E-state index contributed by atoms with van der Waals surface area (Å²) in [6.45, 7) is 5.38. The second-order valence-electron chi connectivity index (χ2n) is 7.79. The van der Waals surface area contributed by atoms with E-state index in [1.165, 1.54) is 44.9 Å². The monoisotopic (exact) mass is 280 g/mol. The van der Waals surface area contributed by atoms with Gasteiger partial charge in [0.1, 0.15) is 0 Å². The molecule has 0 radical (unpaired) electrons. The average molecular weight is 280 g/mol. The number of fused-ring (bicyclic) bond motifs is 1. The van der Waals surface area contributed by atoms with Gasteiger partial charge in [-0.2, -0.15) is 0 Å². The fraction of sp³-hybridized carbons (Fsp3) is 1.00. The van der Waals surface area contributed by atoms with Crippen molar-refractivity contribution >= 4 is 0 Å². The van der Waals surface area contributed by atoms with Crippen molar-refractivity contribution in [2.24, 2.45) is 29.6 Å². The van der Waals surface area contributed by atoms with Crippen molar-refractivity contribution in [1.29, 1.82) is 0 Å². The number of aliphatic hydroxyl groups excluding tert-OH is 1. The predicted molar refractivity (Wildman–Crippen MR) is 81.5 cm³/mol. The summed E-state index contributed by atoms with van der Waals surface area (Å²) in [6, 6.07) is 0. The van der Waals surface area contributed by atoms with Crippen LogP contribution in [0.4, 0.5) is 0 Å². The third-order valence-electron chi connectivity index (χ3n) is 6.51. The molecule has 3 aliphatic rings. The maximum absolute atomic E-state index is 9.55. The minimum Gasteiger partial charge on any atom is -0.393 e. The van der Waals surface area contributed by atoms with Crippen molar-refractivity contribution < 1.29 is 9.84 Å². The molecule has 0 aromatic heterocycles. The van der Waals surface area contributed by atoms with E-state index in [1.807, 2.05) is 6.92 Å². The molecule has 2 nitrogen and oxygen atoms in total. The summed E-state index contributed by atoms with van der Waals surface area (Å²) in [6.07, 6.45) is 11.0. The third-order valence-corrected chi connectivity index (χ3v) is 6.51. The van der Waals surface area contributed by atoms with Crippen LogP contribution in [0.5, 0.6) is 0 Å². The van der Waals surface area contributed by atoms with Gasteiger partial charge in [0.15, 0.2) is 0 Å². The summed E-state index contributed by atoms with van der Waals surface area (Å²) in [4.78, 5) is 0. The van der Waals surface area contributed by atoms with Crippen molar-refractivity contribution in [3.05, 3.63) is 0 Å². The van der Waals surface area contributed by atoms with Crippen molar-refractivity contribution in [1.82, 2.24) is 0 Å². The maximum Gasteiger partial charge on any atom is 0.0631 e. The van der Waals surface area contributed by atoms with E-state index in [0.717, 1.165) is 42.6 Å². The number of ether oxygens (including phenoxy) is 1. The SMILES string of the molecule is CC(O)CCC1CCC[C@@H]2C1COC(C1CCC1)[C@@H]2C. The van der Waals surface area contributed by atoms with E-state index in [-0.39, 0.29) is 6.10 Å². The highest BCUT2D eigenvalue weighted by Gasteiger charge is 2.45. The second-order valence-corrected chi connectivity index (χ2v) is 7.79. The van der Waals surface area contributed by atoms with Gasteiger partial charge in [-0.15, -0.1) is 0 Å². The minimum absolute atomic E-state index is 0.139. The van der Waals surface area contributed by atoms with Gasteiger partial charge in [-0.1, -0.05) is 26.2 Å². The summed E-state index contributed by atoms with van der Waals surface area (Å²) < 4.78 is 6.34. The Balaban J connectivity index is 1.61. The molecular weight excluding hydrogens is 248 g/mol. The smallest absolute Gasteiger partial charge is 0.0631 e. The van der Waals surface area contributed by atoms with E-state index in [2.05, 4.69) is 6.92 Å². The van der Waals surface area contributed by atoms with Crippen LogP contribution in [0.15, 0.2) is 0 Å². The average Bonchev–Trinajstić information content (AvgIpc) is 2.37. The molecule has 0 aromatic carbocycles. The summed E-state index contributed by atoms with van der Waals surface area (Å²) in [7, 11) is 0. The first-order chi connectivity index (χ1) is 9.66. The molecule has 2 saturated carbocycles. The molecule has 2 aliphatic carbocycles. The fourth-order valence-corrected chi connectivity index (χ4v) is 5.07. The molecule has 1 saturated heterocycles. The zero-order chi connectivity index (χ0) is 14.1. The molecule has 2 heteroatoms. The molecule has 3 fully saturated rings. The molecule has 0 amide bonds. The zero-order valence-corrected chi connectivity index (χ0v) is 13.3. The van der Waals surface area contributed by atoms with Crippen molar-refractivity contribution in [2.75, 3.05) is 6.61 Å². The van der Waals surface area contributed by atoms with Gasteiger partial charge in [0.25, 0.3) is 0 Å². The molecule has 0 aromatic rings. The topological polar surface area (TPSA) is 29.5 Å². The van der Waals surface area contributed by atoms with Gasteiger partial charge in [-0.3, -0.25) is 0 Å². The molecule has 1 heterocycles. The van der Waals surface area contributed by atoms with Crippen LogP contribution in [0.3, 0.4) is 0 Å². The van der Waals surface area contributed by atoms with Gasteiger partial charge in [0, 0.05) is 0 Å². The van der Waals surface area contributed by atoms with E-state index in [9.17, 15) is 5.11 Å². The van der Waals surface area contributed by atoms with Gasteiger partial charge in [0.2, 0.25) is 0 Å². The van der Waals surface area contributed by atoms with Crippen LogP contribution >= 0.6 is 0 Å². The first-order valence-electron chi connectivity index (χ1n) is 8.96. The first-order valence-corrected chi connectivity index (χ1v) is 8.96. The van der Waals surface area contributed by atoms with Crippen LogP contribution in [0, 0.1) is 29.6 Å². The molecule has 1 aliphatic heterocycles. The predicted octanol–water partition coefficient (Wildman–Crippen LogP) is 4.01. The van der Waals surface area contributed by atoms with E-state index in [4.69, 9.17) is 4.74 Å². The standard InChI is InChI=1S/C18H32O2/c1-12(19)9-10-14-5-4-8-16-13(2)18(15-6-3-7-15)20-11-17(14)16/h12-19H,3-11H2,1-2H3/t12?,13-,14?,16+,17?,18?/m1/s1. The van der Waals surface area contributed by atoms with E-state index in [0.29, 0.717) is 6.10 Å². The molecule has 116 valence electrons. The molecule has 6 atom stereocenters. The van der Waals surface area contributed by atoms with Gasteiger partial charge in [0.05, 0.1) is 18.8 Å². The lowest BCUT2D eigenvalue weighted by Crippen LogP contribution is -2.49. The number of hydrogen-bond acceptors (Lipinski definition) is 2. The highest BCUT2D eigenvalue weighted by Crippen LogP contribution is 2.49. The summed E-state index contributed by atoms with van der Waals surface area (Å²) in [5.74, 6) is 4.08. The Hall–Kier alpha value is -0.0800. The molecule has 3 rings (SSSR count). The van der Waals surface area contributed by atoms with Crippen LogP contribution in [0.2, 0.25) is 0 Å². The number of aliphatic hydroxyl groups is 1. The van der Waals surface area contributed by atoms with E-state index in [1.54, 1.807) is 0 Å². The van der Waals surface area contributed by atoms with Gasteiger partial charge in [-0.25, -0.2) is 0 Å². The lowest BCUT2D eigenvalue weighted by atomic mass is 9.61. The van der Waals surface area contributed by atoms with Crippen LogP contribution in [0.25, 0.3) is 0 Å². The summed E-state index contributed by atoms with van der Waals surface area (Å²) in [5.41, 5.74) is 0. The number of hydrogen-bond donors (Lipinski definition) is 1. The highest BCUT2D eigenvalue weighted by atomic mass is 16.5. The fourth-order valence-electron chi connectivity index (χ4n) is 5.07. The normalized spacial score (nSPS) is 43.6. The maximum atomic E-state index is 9.55. The van der Waals surface area contributed by atoms with Crippen LogP contribution < -0.4 is 0 Å². The molecule has 20 heavy (non-hydrogen) atoms. The largest absolute Gasteiger partial charge is 0.393 e. The van der Waals surface area contributed by atoms with E-state index < -0.39 is 0 Å². The third kappa shape index (κ3) is 2.92. The Kier molecular flexibility index (Phi) is 4.72. The van der Waals surface area contributed by atoms with Crippen molar-refractivity contribution in [3.63, 3.8) is 0 Å². The first kappa shape index (κ1) is 14.8. The van der Waals surface area contributed by atoms with Crippen molar-refractivity contribution in [3.8, 4) is 0 Å². The van der Waals surface area contributed by atoms with Crippen molar-refractivity contribution in [2.45, 2.75) is 77.4 Å². The summed E-state index contributed by atoms with van der Waals surface area (Å²) in [5, 5.41) is 9.55. The van der Waals surface area contributed by atoms with E-state index >= 15 is 0 Å². The minimum atomic E-state index is -0.139. The molecule has 0 bridgehead atoms. The van der Waals surface area contributed by atoms with Gasteiger partial charge < -0.3 is 9.84 Å². The second kappa shape index (κ2) is 6.36. The molecule has 4 unspecified atom stereocenters. The van der Waals surface area contributed by atoms with Crippen LogP contribution in [-0.2, 0) is 4.74 Å². The Morgan fingerprint density at radius 1 is 1.10 bits per heavy atom. The lowest BCUT2D eigenvalue weighted by Gasteiger charge is -2.51. The Morgan fingerprint density at radius 2 is 1.85 bits per heavy atom. The Morgan fingerprint density at radius 3 is 2.50 bits per heavy atom. The van der Waals surface area contributed by atoms with Gasteiger partial charge in [-0.05, 0) is 68.6 Å².